The van der Waals surface area contributed by atoms with Gasteiger partial charge in [0, 0.05) is 14.2 Å². The van der Waals surface area contributed by atoms with Crippen molar-refractivity contribution in [3.63, 3.8) is 0 Å². The van der Waals surface area contributed by atoms with Gasteiger partial charge in [-0.15, -0.1) is 0 Å². The maximum atomic E-state index is 5.50. The van der Waals surface area contributed by atoms with E-state index < -0.39 is 8.56 Å². The number of rotatable bonds is 8. The van der Waals surface area contributed by atoms with Crippen LogP contribution in [0, 0.1) is 0 Å². The van der Waals surface area contributed by atoms with Gasteiger partial charge in [0.2, 0.25) is 0 Å². The molecule has 3 heteroatoms. The molecule has 0 saturated heterocycles. The summed E-state index contributed by atoms with van der Waals surface area (Å²) >= 11 is 0. The average Bonchev–Trinajstić information content (AvgIpc) is 2.43. The number of hydrogen-bond donors (Lipinski definition) is 0. The van der Waals surface area contributed by atoms with Crippen molar-refractivity contribution in [1.29, 1.82) is 0 Å². The van der Waals surface area contributed by atoms with Crippen molar-refractivity contribution in [2.24, 2.45) is 0 Å². The van der Waals surface area contributed by atoms with Gasteiger partial charge >= 0.3 is 8.56 Å². The lowest BCUT2D eigenvalue weighted by Crippen LogP contribution is -2.36. The first-order chi connectivity index (χ1) is 8.63. The van der Waals surface area contributed by atoms with Crippen LogP contribution in [0.25, 0.3) is 0 Å². The van der Waals surface area contributed by atoms with Gasteiger partial charge in [-0.1, -0.05) is 37.6 Å². The van der Waals surface area contributed by atoms with E-state index in [-0.39, 0.29) is 0 Å². The Labute approximate surface area is 113 Å². The van der Waals surface area contributed by atoms with Crippen LogP contribution in [0.3, 0.4) is 0 Å². The van der Waals surface area contributed by atoms with Crippen LogP contribution in [0.5, 0.6) is 0 Å². The minimum absolute atomic E-state index is 1.01. The van der Waals surface area contributed by atoms with Crippen LogP contribution in [-0.2, 0) is 21.7 Å². The zero-order chi connectivity index (χ0) is 13.4. The van der Waals surface area contributed by atoms with Crippen molar-refractivity contribution in [1.82, 2.24) is 0 Å². The molecular formula is C15H26O2Si. The van der Waals surface area contributed by atoms with Gasteiger partial charge in [-0.25, -0.2) is 0 Å². The summed E-state index contributed by atoms with van der Waals surface area (Å²) in [6.45, 7) is 4.35. The van der Waals surface area contributed by atoms with Crippen molar-refractivity contribution >= 4 is 8.56 Å². The van der Waals surface area contributed by atoms with E-state index in [1.807, 2.05) is 0 Å². The topological polar surface area (TPSA) is 18.5 Å². The van der Waals surface area contributed by atoms with Crippen LogP contribution in [0.1, 0.15) is 30.9 Å². The van der Waals surface area contributed by atoms with E-state index in [0.29, 0.717) is 0 Å². The van der Waals surface area contributed by atoms with Crippen LogP contribution in [0.2, 0.25) is 12.6 Å². The number of aryl methyl sites for hydroxylation is 2. The molecule has 1 aromatic rings. The van der Waals surface area contributed by atoms with Gasteiger partial charge in [0.05, 0.1) is 0 Å². The van der Waals surface area contributed by atoms with Crippen molar-refractivity contribution in [3.05, 3.63) is 35.4 Å². The van der Waals surface area contributed by atoms with Crippen LogP contribution < -0.4 is 0 Å². The van der Waals surface area contributed by atoms with Crippen molar-refractivity contribution in [2.45, 2.75) is 45.2 Å². The van der Waals surface area contributed by atoms with E-state index in [4.69, 9.17) is 8.85 Å². The molecule has 0 aliphatic heterocycles. The zero-order valence-corrected chi connectivity index (χ0v) is 13.2. The van der Waals surface area contributed by atoms with Crippen molar-refractivity contribution in [3.8, 4) is 0 Å². The largest absolute Gasteiger partial charge is 0.398 e. The Balaban J connectivity index is 2.48. The second-order valence-electron chi connectivity index (χ2n) is 4.96. The van der Waals surface area contributed by atoms with E-state index in [9.17, 15) is 0 Å². The molecule has 0 fully saturated rings. The van der Waals surface area contributed by atoms with Crippen LogP contribution in [-0.4, -0.2) is 22.8 Å². The molecule has 0 heterocycles. The van der Waals surface area contributed by atoms with E-state index >= 15 is 0 Å². The number of hydrogen-bond acceptors (Lipinski definition) is 2. The number of benzene rings is 1. The van der Waals surface area contributed by atoms with Gasteiger partial charge in [0.15, 0.2) is 0 Å². The summed E-state index contributed by atoms with van der Waals surface area (Å²) in [6, 6.07) is 10.00. The highest BCUT2D eigenvalue weighted by Gasteiger charge is 2.27. The maximum absolute atomic E-state index is 5.50. The maximum Gasteiger partial charge on any atom is 0.334 e. The first-order valence-corrected chi connectivity index (χ1v) is 9.34. The normalized spacial score (nSPS) is 11.8. The molecule has 0 bridgehead atoms. The summed E-state index contributed by atoms with van der Waals surface area (Å²) in [5, 5.41) is 0. The Hall–Kier alpha value is -0.643. The third-order valence-corrected chi connectivity index (χ3v) is 6.46. The molecule has 0 spiro atoms. The summed E-state index contributed by atoms with van der Waals surface area (Å²) < 4.78 is 11.0. The first kappa shape index (κ1) is 15.4. The Morgan fingerprint density at radius 1 is 0.944 bits per heavy atom. The summed E-state index contributed by atoms with van der Waals surface area (Å²) in [7, 11) is 1.59. The summed E-state index contributed by atoms with van der Waals surface area (Å²) in [4.78, 5) is 0. The molecule has 2 nitrogen and oxygen atoms in total. The van der Waals surface area contributed by atoms with Gasteiger partial charge in [-0.05, 0) is 43.0 Å². The van der Waals surface area contributed by atoms with Crippen LogP contribution in [0.15, 0.2) is 24.3 Å². The molecule has 0 amide bonds. The Morgan fingerprint density at radius 2 is 1.44 bits per heavy atom. The van der Waals surface area contributed by atoms with Gasteiger partial charge in [-0.2, -0.15) is 0 Å². The zero-order valence-electron chi connectivity index (χ0n) is 12.2. The summed E-state index contributed by atoms with van der Waals surface area (Å²) in [5.74, 6) is 0. The fourth-order valence-electron chi connectivity index (χ4n) is 1.91. The molecule has 0 saturated carbocycles. The Morgan fingerprint density at radius 3 is 1.89 bits per heavy atom. The Kier molecular flexibility index (Phi) is 6.61. The molecule has 0 aliphatic carbocycles. The van der Waals surface area contributed by atoms with Gasteiger partial charge in [0.25, 0.3) is 0 Å². The second-order valence-corrected chi connectivity index (χ2v) is 8.55. The molecule has 0 aromatic heterocycles. The van der Waals surface area contributed by atoms with E-state index in [2.05, 4.69) is 37.7 Å². The second kappa shape index (κ2) is 7.72. The SMILES string of the molecule is CCCCc1ccc(CC[Si](C)(OC)OC)cc1. The molecule has 0 aliphatic rings. The molecule has 0 radical (unpaired) electrons. The summed E-state index contributed by atoms with van der Waals surface area (Å²) in [5.41, 5.74) is 2.82. The van der Waals surface area contributed by atoms with Gasteiger partial charge in [-0.3, -0.25) is 0 Å². The third-order valence-electron chi connectivity index (χ3n) is 3.57. The van der Waals surface area contributed by atoms with E-state index in [1.54, 1.807) is 14.2 Å². The lowest BCUT2D eigenvalue weighted by atomic mass is 10.1. The van der Waals surface area contributed by atoms with Crippen LogP contribution >= 0.6 is 0 Å². The van der Waals surface area contributed by atoms with Gasteiger partial charge < -0.3 is 8.85 Å². The molecule has 1 aromatic carbocycles. The highest BCUT2D eigenvalue weighted by Crippen LogP contribution is 2.16. The smallest absolute Gasteiger partial charge is 0.334 e. The fourth-order valence-corrected chi connectivity index (χ4v) is 3.23. The van der Waals surface area contributed by atoms with E-state index in [1.165, 1.54) is 30.4 Å². The quantitative estimate of drug-likeness (QED) is 0.664. The van der Waals surface area contributed by atoms with E-state index in [0.717, 1.165) is 12.5 Å². The minimum atomic E-state index is -1.91. The van der Waals surface area contributed by atoms with Crippen molar-refractivity contribution in [2.75, 3.05) is 14.2 Å². The highest BCUT2D eigenvalue weighted by molar-refractivity contribution is 6.65. The molecule has 0 unspecified atom stereocenters. The van der Waals surface area contributed by atoms with Crippen molar-refractivity contribution < 1.29 is 8.85 Å². The molecule has 0 atom stereocenters. The Bertz CT molecular complexity index is 331. The van der Waals surface area contributed by atoms with Crippen LogP contribution in [0.4, 0.5) is 0 Å². The third kappa shape index (κ3) is 4.92. The standard InChI is InChI=1S/C15H26O2Si/c1-5-6-7-14-8-10-15(11-9-14)12-13-18(4,16-2)17-3/h8-11H,5-7,12-13H2,1-4H3. The lowest BCUT2D eigenvalue weighted by molar-refractivity contribution is 0.249. The molecule has 0 N–H and O–H groups in total. The molecular weight excluding hydrogens is 240 g/mol. The lowest BCUT2D eigenvalue weighted by Gasteiger charge is -2.22. The summed E-state index contributed by atoms with van der Waals surface area (Å²) in [6.07, 6.45) is 4.77. The average molecular weight is 266 g/mol. The molecule has 102 valence electrons. The highest BCUT2D eigenvalue weighted by atomic mass is 28.4. The van der Waals surface area contributed by atoms with Gasteiger partial charge in [0.1, 0.15) is 0 Å². The number of unbranched alkanes of at least 4 members (excludes halogenated alkanes) is 1. The monoisotopic (exact) mass is 266 g/mol. The fraction of sp³-hybridized carbons (Fsp3) is 0.600. The molecule has 1 rings (SSSR count). The first-order valence-electron chi connectivity index (χ1n) is 6.81. The minimum Gasteiger partial charge on any atom is -0.398 e. The molecule has 18 heavy (non-hydrogen) atoms. The predicted octanol–water partition coefficient (Wildman–Crippen LogP) is 3.94. The predicted molar refractivity (Wildman–Crippen MR) is 79.2 cm³/mol.